The van der Waals surface area contributed by atoms with Gasteiger partial charge in [-0.25, -0.2) is 4.98 Å². The van der Waals surface area contributed by atoms with E-state index in [1.54, 1.807) is 0 Å². The lowest BCUT2D eigenvalue weighted by Crippen LogP contribution is -1.98. The largest absolute Gasteiger partial charge is 0.370 e. The van der Waals surface area contributed by atoms with Crippen molar-refractivity contribution in [3.8, 4) is 0 Å². The van der Waals surface area contributed by atoms with Crippen LogP contribution < -0.4 is 5.32 Å². The normalized spacial score (nSPS) is 10.6. The number of halogens is 2. The zero-order valence-electron chi connectivity index (χ0n) is 8.22. The van der Waals surface area contributed by atoms with E-state index in [0.717, 1.165) is 26.8 Å². The number of aromatic nitrogens is 1. The Morgan fingerprint density at radius 2 is 2.20 bits per heavy atom. The van der Waals surface area contributed by atoms with Crippen molar-refractivity contribution in [2.75, 3.05) is 11.9 Å². The van der Waals surface area contributed by atoms with Gasteiger partial charge in [0, 0.05) is 15.5 Å². The van der Waals surface area contributed by atoms with E-state index in [4.69, 9.17) is 11.6 Å². The van der Waals surface area contributed by atoms with Gasteiger partial charge in [-0.1, -0.05) is 11.6 Å². The van der Waals surface area contributed by atoms with Crippen LogP contribution in [0.2, 0.25) is 5.02 Å². The number of fused-ring (bicyclic) bond motifs is 1. The summed E-state index contributed by atoms with van der Waals surface area (Å²) in [6.07, 6.45) is 0. The molecular weight excluding hydrogens is 322 g/mol. The Morgan fingerprint density at radius 3 is 2.93 bits per heavy atom. The van der Waals surface area contributed by atoms with Gasteiger partial charge in [0.25, 0.3) is 0 Å². The number of pyridine rings is 1. The van der Waals surface area contributed by atoms with Crippen LogP contribution in [0.5, 0.6) is 0 Å². The molecule has 2 nitrogen and oxygen atoms in total. The van der Waals surface area contributed by atoms with Gasteiger partial charge < -0.3 is 5.32 Å². The molecule has 0 fully saturated rings. The highest BCUT2D eigenvalue weighted by atomic mass is 127. The van der Waals surface area contributed by atoms with Gasteiger partial charge in [0.1, 0.15) is 5.82 Å². The maximum absolute atomic E-state index is 6.14. The molecule has 2 aromatic rings. The molecule has 0 aliphatic carbocycles. The quantitative estimate of drug-likeness (QED) is 0.843. The minimum atomic E-state index is 0.705. The summed E-state index contributed by atoms with van der Waals surface area (Å²) in [5.41, 5.74) is 0.857. The summed E-state index contributed by atoms with van der Waals surface area (Å²) in [6, 6.07) is 8.00. The molecule has 15 heavy (non-hydrogen) atoms. The van der Waals surface area contributed by atoms with Gasteiger partial charge in [-0.15, -0.1) is 0 Å². The first-order chi connectivity index (χ1) is 7.20. The van der Waals surface area contributed by atoms with E-state index in [2.05, 4.69) is 39.0 Å². The third-order valence-electron chi connectivity index (χ3n) is 2.07. The van der Waals surface area contributed by atoms with Crippen molar-refractivity contribution in [1.82, 2.24) is 4.98 Å². The average Bonchev–Trinajstić information content (AvgIpc) is 2.19. The molecular formula is C11H10ClIN2. The fourth-order valence-electron chi connectivity index (χ4n) is 1.44. The first-order valence-corrected chi connectivity index (χ1v) is 6.16. The fourth-order valence-corrected chi connectivity index (χ4v) is 2.54. The lowest BCUT2D eigenvalue weighted by atomic mass is 10.2. The summed E-state index contributed by atoms with van der Waals surface area (Å²) in [5, 5.41) is 4.95. The van der Waals surface area contributed by atoms with Gasteiger partial charge in [0.2, 0.25) is 0 Å². The van der Waals surface area contributed by atoms with Crippen molar-refractivity contribution in [3.63, 3.8) is 0 Å². The minimum absolute atomic E-state index is 0.705. The fraction of sp³-hybridized carbons (Fsp3) is 0.182. The molecule has 2 rings (SSSR count). The van der Waals surface area contributed by atoms with Gasteiger partial charge in [-0.05, 0) is 53.8 Å². The summed E-state index contributed by atoms with van der Waals surface area (Å²) in [5.74, 6) is 0.869. The Bertz CT molecular complexity index is 499. The highest BCUT2D eigenvalue weighted by Gasteiger charge is 2.03. The first-order valence-electron chi connectivity index (χ1n) is 4.70. The number of nitrogens with one attached hydrogen (secondary N) is 1. The van der Waals surface area contributed by atoms with Crippen molar-refractivity contribution in [1.29, 1.82) is 0 Å². The van der Waals surface area contributed by atoms with Crippen molar-refractivity contribution >= 4 is 50.9 Å². The second-order valence-corrected chi connectivity index (χ2v) is 4.84. The highest BCUT2D eigenvalue weighted by Crippen LogP contribution is 2.25. The molecule has 0 aliphatic rings. The van der Waals surface area contributed by atoms with Crippen molar-refractivity contribution < 1.29 is 0 Å². The molecule has 1 aromatic heterocycles. The minimum Gasteiger partial charge on any atom is -0.370 e. The molecule has 0 atom stereocenters. The summed E-state index contributed by atoms with van der Waals surface area (Å²) in [4.78, 5) is 4.46. The Balaban J connectivity index is 2.60. The van der Waals surface area contributed by atoms with Crippen molar-refractivity contribution in [2.24, 2.45) is 0 Å². The molecule has 1 heterocycles. The molecule has 0 aliphatic heterocycles. The maximum atomic E-state index is 6.14. The Hall–Kier alpha value is -0.550. The summed E-state index contributed by atoms with van der Waals surface area (Å²) < 4.78 is 1.13. The van der Waals surface area contributed by atoms with E-state index in [-0.39, 0.29) is 0 Å². The molecule has 0 radical (unpaired) electrons. The SMILES string of the molecule is CCNc1ccc2cc(I)cc(Cl)c2n1. The van der Waals surface area contributed by atoms with Gasteiger partial charge in [0.05, 0.1) is 10.5 Å². The third kappa shape index (κ3) is 2.34. The van der Waals surface area contributed by atoms with E-state index in [0.29, 0.717) is 5.02 Å². The van der Waals surface area contributed by atoms with E-state index in [1.807, 2.05) is 25.1 Å². The molecule has 0 spiro atoms. The molecule has 0 unspecified atom stereocenters. The van der Waals surface area contributed by atoms with Crippen LogP contribution in [0, 0.1) is 3.57 Å². The second-order valence-electron chi connectivity index (χ2n) is 3.19. The molecule has 0 bridgehead atoms. The van der Waals surface area contributed by atoms with Gasteiger partial charge in [0.15, 0.2) is 0 Å². The predicted molar refractivity (Wildman–Crippen MR) is 73.6 cm³/mol. The second kappa shape index (κ2) is 4.53. The van der Waals surface area contributed by atoms with Crippen LogP contribution in [-0.2, 0) is 0 Å². The number of hydrogen-bond acceptors (Lipinski definition) is 2. The number of hydrogen-bond donors (Lipinski definition) is 1. The zero-order valence-corrected chi connectivity index (χ0v) is 11.1. The molecule has 0 amide bonds. The van der Waals surface area contributed by atoms with Crippen LogP contribution >= 0.6 is 34.2 Å². The van der Waals surface area contributed by atoms with Crippen LogP contribution in [0.25, 0.3) is 10.9 Å². The summed E-state index contributed by atoms with van der Waals surface area (Å²) in [7, 11) is 0. The Kier molecular flexibility index (Phi) is 3.31. The molecule has 0 saturated heterocycles. The zero-order chi connectivity index (χ0) is 10.8. The van der Waals surface area contributed by atoms with Crippen LogP contribution in [0.3, 0.4) is 0 Å². The number of rotatable bonds is 2. The number of benzene rings is 1. The van der Waals surface area contributed by atoms with Crippen molar-refractivity contribution in [3.05, 3.63) is 32.9 Å². The molecule has 1 aromatic carbocycles. The van der Waals surface area contributed by atoms with Crippen LogP contribution in [0.4, 0.5) is 5.82 Å². The van der Waals surface area contributed by atoms with E-state index < -0.39 is 0 Å². The average molecular weight is 333 g/mol. The van der Waals surface area contributed by atoms with Crippen LogP contribution in [0.1, 0.15) is 6.92 Å². The summed E-state index contributed by atoms with van der Waals surface area (Å²) >= 11 is 8.39. The lowest BCUT2D eigenvalue weighted by Gasteiger charge is -2.05. The molecule has 4 heteroatoms. The smallest absolute Gasteiger partial charge is 0.126 e. The topological polar surface area (TPSA) is 24.9 Å². The van der Waals surface area contributed by atoms with Gasteiger partial charge in [-0.2, -0.15) is 0 Å². The summed E-state index contributed by atoms with van der Waals surface area (Å²) in [6.45, 7) is 2.90. The van der Waals surface area contributed by atoms with E-state index in [9.17, 15) is 0 Å². The molecule has 0 saturated carbocycles. The van der Waals surface area contributed by atoms with Gasteiger partial charge >= 0.3 is 0 Å². The van der Waals surface area contributed by atoms with E-state index >= 15 is 0 Å². The third-order valence-corrected chi connectivity index (χ3v) is 2.98. The van der Waals surface area contributed by atoms with Crippen molar-refractivity contribution in [2.45, 2.75) is 6.92 Å². The van der Waals surface area contributed by atoms with Crippen LogP contribution in [0.15, 0.2) is 24.3 Å². The molecule has 1 N–H and O–H groups in total. The lowest BCUT2D eigenvalue weighted by molar-refractivity contribution is 1.17. The van der Waals surface area contributed by atoms with E-state index in [1.165, 1.54) is 0 Å². The Morgan fingerprint density at radius 1 is 1.40 bits per heavy atom. The Labute approximate surface area is 107 Å². The molecule has 78 valence electrons. The number of anilines is 1. The van der Waals surface area contributed by atoms with Crippen LogP contribution in [-0.4, -0.2) is 11.5 Å². The standard InChI is InChI=1S/C11H10ClIN2/c1-2-14-10-4-3-7-5-8(13)6-9(12)11(7)15-10/h3-6H,2H2,1H3,(H,14,15). The number of nitrogens with zero attached hydrogens (tertiary/aromatic N) is 1. The van der Waals surface area contributed by atoms with Gasteiger partial charge in [-0.3, -0.25) is 0 Å². The predicted octanol–water partition coefficient (Wildman–Crippen LogP) is 3.92. The maximum Gasteiger partial charge on any atom is 0.126 e. The monoisotopic (exact) mass is 332 g/mol. The first kappa shape index (κ1) is 11.0. The highest BCUT2D eigenvalue weighted by molar-refractivity contribution is 14.1.